The number of ether oxygens (including phenoxy) is 2. The van der Waals surface area contributed by atoms with Gasteiger partial charge in [0, 0.05) is 13.1 Å². The van der Waals surface area contributed by atoms with Crippen molar-refractivity contribution < 1.29 is 23.9 Å². The van der Waals surface area contributed by atoms with Gasteiger partial charge in [0.15, 0.2) is 0 Å². The van der Waals surface area contributed by atoms with Crippen molar-refractivity contribution in [2.24, 2.45) is 0 Å². The van der Waals surface area contributed by atoms with E-state index in [1.165, 1.54) is 5.56 Å². The number of carbonyl (C=O) groups is 3. The highest BCUT2D eigenvalue weighted by Crippen LogP contribution is 2.33. The second-order valence-corrected chi connectivity index (χ2v) is 9.88. The van der Waals surface area contributed by atoms with Crippen molar-refractivity contribution in [2.75, 3.05) is 32.8 Å². The summed E-state index contributed by atoms with van der Waals surface area (Å²) in [6.07, 6.45) is 1.68. The van der Waals surface area contributed by atoms with Crippen LogP contribution in [-0.2, 0) is 20.9 Å². The summed E-state index contributed by atoms with van der Waals surface area (Å²) in [6.45, 7) is 4.15. The largest absolute Gasteiger partial charge is 0.488 e. The van der Waals surface area contributed by atoms with E-state index in [2.05, 4.69) is 28.7 Å². The minimum absolute atomic E-state index is 0.244. The topological polar surface area (TPSA) is 76.2 Å². The molecule has 4 rings (SSSR count). The fourth-order valence-electron chi connectivity index (χ4n) is 3.52. The molecule has 0 radical (unpaired) electrons. The highest BCUT2D eigenvalue weighted by atomic mass is 127. The van der Waals surface area contributed by atoms with Crippen molar-refractivity contribution in [2.45, 2.75) is 13.5 Å². The number of aryl methyl sites for hydroxylation is 1. The van der Waals surface area contributed by atoms with Crippen LogP contribution >= 0.6 is 34.4 Å². The number of halogens is 1. The second-order valence-electron chi connectivity index (χ2n) is 7.73. The zero-order valence-corrected chi connectivity index (χ0v) is 21.1. The van der Waals surface area contributed by atoms with Gasteiger partial charge < -0.3 is 14.4 Å². The van der Waals surface area contributed by atoms with Crippen LogP contribution in [0.25, 0.3) is 6.08 Å². The predicted molar refractivity (Wildman–Crippen MR) is 135 cm³/mol. The van der Waals surface area contributed by atoms with E-state index in [4.69, 9.17) is 9.47 Å². The summed E-state index contributed by atoms with van der Waals surface area (Å²) in [5.74, 6) is 0.0615. The van der Waals surface area contributed by atoms with Gasteiger partial charge in [-0.1, -0.05) is 35.9 Å². The zero-order valence-electron chi connectivity index (χ0n) is 18.1. The number of amides is 3. The highest BCUT2D eigenvalue weighted by molar-refractivity contribution is 14.1. The van der Waals surface area contributed by atoms with Gasteiger partial charge in [0.05, 0.1) is 21.7 Å². The summed E-state index contributed by atoms with van der Waals surface area (Å²) in [5, 5.41) is -0.430. The smallest absolute Gasteiger partial charge is 0.294 e. The molecule has 3 amide bonds. The van der Waals surface area contributed by atoms with Crippen molar-refractivity contribution in [1.82, 2.24) is 9.80 Å². The van der Waals surface area contributed by atoms with Gasteiger partial charge in [-0.25, -0.2) is 0 Å². The van der Waals surface area contributed by atoms with Crippen LogP contribution in [0.4, 0.5) is 4.79 Å². The Morgan fingerprint density at radius 1 is 1.18 bits per heavy atom. The average Bonchev–Trinajstić information content (AvgIpc) is 3.06. The van der Waals surface area contributed by atoms with Crippen molar-refractivity contribution in [3.05, 3.63) is 67.6 Å². The number of carbonyl (C=O) groups excluding carboxylic acids is 3. The molecule has 0 saturated carbocycles. The first-order chi connectivity index (χ1) is 15.9. The van der Waals surface area contributed by atoms with Crippen molar-refractivity contribution in [3.63, 3.8) is 0 Å². The number of benzene rings is 2. The second kappa shape index (κ2) is 10.7. The maximum atomic E-state index is 12.8. The molecule has 172 valence electrons. The Morgan fingerprint density at radius 3 is 2.70 bits per heavy atom. The molecule has 0 aliphatic carbocycles. The average molecular weight is 578 g/mol. The van der Waals surface area contributed by atoms with Gasteiger partial charge in [-0.15, -0.1) is 0 Å². The Hall–Kier alpha value is -2.37. The standard InChI is InChI=1S/C24H23IN2O5S/c1-16-3-2-4-18(11-16)15-32-20-6-5-17(12-19(20)25)13-21-23(29)27(24(30)33-21)14-22(28)26-7-9-31-10-8-26/h2-6,11-13H,7-10,14-15H2,1H3/b21-13+. The van der Waals surface area contributed by atoms with Crippen LogP contribution in [-0.4, -0.2) is 59.7 Å². The molecular weight excluding hydrogens is 555 g/mol. The normalized spacial score (nSPS) is 17.7. The monoisotopic (exact) mass is 578 g/mol. The third-order valence-electron chi connectivity index (χ3n) is 5.26. The molecule has 7 nitrogen and oxygen atoms in total. The third kappa shape index (κ3) is 5.96. The maximum Gasteiger partial charge on any atom is 0.294 e. The molecule has 0 aromatic heterocycles. The van der Waals surface area contributed by atoms with Crippen molar-refractivity contribution >= 4 is 57.5 Å². The van der Waals surface area contributed by atoms with Crippen LogP contribution < -0.4 is 4.74 Å². The lowest BCUT2D eigenvalue weighted by molar-refractivity contribution is -0.139. The van der Waals surface area contributed by atoms with Gasteiger partial charge >= 0.3 is 0 Å². The zero-order chi connectivity index (χ0) is 23.4. The van der Waals surface area contributed by atoms with Crippen molar-refractivity contribution in [1.29, 1.82) is 0 Å². The SMILES string of the molecule is Cc1cccc(COc2ccc(/C=C3/SC(=O)N(CC(=O)N4CCOCC4)C3=O)cc2I)c1. The van der Waals surface area contributed by atoms with E-state index in [0.29, 0.717) is 37.8 Å². The Bertz CT molecular complexity index is 1110. The van der Waals surface area contributed by atoms with Crippen LogP contribution in [0, 0.1) is 10.5 Å². The van der Waals surface area contributed by atoms with Gasteiger partial charge in [-0.2, -0.15) is 0 Å². The molecule has 2 aromatic carbocycles. The molecule has 0 spiro atoms. The van der Waals surface area contributed by atoms with E-state index in [0.717, 1.165) is 37.1 Å². The van der Waals surface area contributed by atoms with Gasteiger partial charge in [0.2, 0.25) is 5.91 Å². The molecule has 2 saturated heterocycles. The number of hydrogen-bond donors (Lipinski definition) is 0. The molecule has 2 aromatic rings. The summed E-state index contributed by atoms with van der Waals surface area (Å²) in [6, 6.07) is 13.8. The summed E-state index contributed by atoms with van der Waals surface area (Å²) in [5.41, 5.74) is 3.06. The predicted octanol–water partition coefficient (Wildman–Crippen LogP) is 4.07. The fraction of sp³-hybridized carbons (Fsp3) is 0.292. The Kier molecular flexibility index (Phi) is 7.71. The molecular formula is C24H23IN2O5S. The molecule has 2 fully saturated rings. The van der Waals surface area contributed by atoms with Gasteiger partial charge in [-0.3, -0.25) is 19.3 Å². The summed E-state index contributed by atoms with van der Waals surface area (Å²) < 4.78 is 12.1. The number of rotatable bonds is 6. The number of thioether (sulfide) groups is 1. The first-order valence-electron chi connectivity index (χ1n) is 10.5. The lowest BCUT2D eigenvalue weighted by Gasteiger charge is -2.28. The lowest BCUT2D eigenvalue weighted by Crippen LogP contribution is -2.46. The van der Waals surface area contributed by atoms with Gasteiger partial charge in [0.1, 0.15) is 18.9 Å². The molecule has 0 atom stereocenters. The Balaban J connectivity index is 1.40. The summed E-state index contributed by atoms with van der Waals surface area (Å²) in [4.78, 5) is 40.5. The molecule has 2 aliphatic heterocycles. The minimum Gasteiger partial charge on any atom is -0.488 e. The van der Waals surface area contributed by atoms with E-state index in [9.17, 15) is 14.4 Å². The Morgan fingerprint density at radius 2 is 1.97 bits per heavy atom. The number of nitrogens with zero attached hydrogens (tertiary/aromatic N) is 2. The van der Waals surface area contributed by atoms with E-state index in [1.807, 2.05) is 43.3 Å². The van der Waals surface area contributed by atoms with Crippen molar-refractivity contribution in [3.8, 4) is 5.75 Å². The quantitative estimate of drug-likeness (QED) is 0.380. The molecule has 2 aliphatic rings. The van der Waals surface area contributed by atoms with Crippen LogP contribution in [0.5, 0.6) is 5.75 Å². The van der Waals surface area contributed by atoms with Gasteiger partial charge in [-0.05, 0) is 70.6 Å². The minimum atomic E-state index is -0.443. The maximum absolute atomic E-state index is 12.8. The van der Waals surface area contributed by atoms with Crippen LogP contribution in [0.15, 0.2) is 47.4 Å². The highest BCUT2D eigenvalue weighted by Gasteiger charge is 2.37. The molecule has 0 N–H and O–H groups in total. The van der Waals surface area contributed by atoms with Crippen LogP contribution in [0.1, 0.15) is 16.7 Å². The summed E-state index contributed by atoms with van der Waals surface area (Å²) >= 11 is 3.05. The molecule has 0 bridgehead atoms. The van der Waals surface area contributed by atoms with E-state index < -0.39 is 11.1 Å². The Labute approximate surface area is 210 Å². The number of hydrogen-bond acceptors (Lipinski definition) is 6. The third-order valence-corrected chi connectivity index (χ3v) is 7.01. The molecule has 9 heteroatoms. The summed E-state index contributed by atoms with van der Waals surface area (Å²) in [7, 11) is 0. The molecule has 0 unspecified atom stereocenters. The van der Waals surface area contributed by atoms with Crippen LogP contribution in [0.3, 0.4) is 0 Å². The fourth-order valence-corrected chi connectivity index (χ4v) is 5.06. The van der Waals surface area contributed by atoms with Crippen LogP contribution in [0.2, 0.25) is 0 Å². The number of imide groups is 1. The van der Waals surface area contributed by atoms with Gasteiger partial charge in [0.25, 0.3) is 11.1 Å². The van der Waals surface area contributed by atoms with E-state index in [-0.39, 0.29) is 12.5 Å². The molecule has 2 heterocycles. The lowest BCUT2D eigenvalue weighted by atomic mass is 10.1. The van der Waals surface area contributed by atoms with E-state index in [1.54, 1.807) is 11.0 Å². The first kappa shape index (κ1) is 23.8. The first-order valence-corrected chi connectivity index (χ1v) is 12.4. The molecule has 33 heavy (non-hydrogen) atoms. The van der Waals surface area contributed by atoms with E-state index >= 15 is 0 Å². The number of morpholine rings is 1.